The van der Waals surface area contributed by atoms with Crippen LogP contribution in [0.25, 0.3) is 0 Å². The van der Waals surface area contributed by atoms with E-state index in [0.717, 1.165) is 0 Å². The van der Waals surface area contributed by atoms with Gasteiger partial charge in [0.15, 0.2) is 5.75 Å². The van der Waals surface area contributed by atoms with Gasteiger partial charge < -0.3 is 10.5 Å². The summed E-state index contributed by atoms with van der Waals surface area (Å²) in [5.41, 5.74) is 4.18. The highest BCUT2D eigenvalue weighted by atomic mass is 79.9. The van der Waals surface area contributed by atoms with Gasteiger partial charge in [-0.25, -0.2) is 13.8 Å². The maximum absolute atomic E-state index is 12.4. The normalized spacial score (nSPS) is 11.9. The molecule has 9 heteroatoms. The summed E-state index contributed by atoms with van der Waals surface area (Å²) in [6, 6.07) is 0.539. The van der Waals surface area contributed by atoms with E-state index in [1.807, 2.05) is 0 Å². The number of halogens is 6. The van der Waals surface area contributed by atoms with Crippen LogP contribution in [0, 0.1) is 0 Å². The van der Waals surface area contributed by atoms with Crippen LogP contribution in [-0.2, 0) is 5.33 Å². The molecule has 0 aliphatic carbocycles. The average Bonchev–Trinajstić information content (AvgIpc) is 2.17. The minimum absolute atomic E-state index is 0.105. The third-order valence-electron chi connectivity index (χ3n) is 1.71. The van der Waals surface area contributed by atoms with E-state index in [1.54, 1.807) is 0 Å². The topological polar surface area (TPSA) is 48.1 Å². The molecule has 17 heavy (non-hydrogen) atoms. The molecular weight excluding hydrogens is 315 g/mol. The van der Waals surface area contributed by atoms with Crippen molar-refractivity contribution in [3.63, 3.8) is 0 Å². The second kappa shape index (κ2) is 5.03. The average molecular weight is 321 g/mol. The Kier molecular flexibility index (Phi) is 4.12. The van der Waals surface area contributed by atoms with Crippen LogP contribution in [0.15, 0.2) is 6.07 Å². The molecule has 0 aliphatic heterocycles. The number of pyridine rings is 1. The highest BCUT2D eigenvalue weighted by molar-refractivity contribution is 9.08. The van der Waals surface area contributed by atoms with Gasteiger partial charge in [-0.3, -0.25) is 0 Å². The molecule has 0 amide bonds. The Morgan fingerprint density at radius 2 is 2.00 bits per heavy atom. The molecule has 0 atom stereocenters. The molecular formula is C8H6BrF5N2O. The highest BCUT2D eigenvalue weighted by Gasteiger charge is 2.33. The van der Waals surface area contributed by atoms with Crippen molar-refractivity contribution < 1.29 is 26.7 Å². The maximum atomic E-state index is 12.4. The zero-order valence-corrected chi connectivity index (χ0v) is 9.65. The van der Waals surface area contributed by atoms with Gasteiger partial charge in [-0.2, -0.15) is 0 Å². The van der Waals surface area contributed by atoms with Gasteiger partial charge in [0.1, 0.15) is 5.82 Å². The number of nitrogen functional groups attached to an aromatic ring is 1. The van der Waals surface area contributed by atoms with E-state index in [9.17, 15) is 22.0 Å². The zero-order chi connectivity index (χ0) is 13.2. The van der Waals surface area contributed by atoms with Crippen molar-refractivity contribution in [2.75, 3.05) is 5.73 Å². The zero-order valence-electron chi connectivity index (χ0n) is 8.06. The van der Waals surface area contributed by atoms with Gasteiger partial charge in [-0.1, -0.05) is 15.9 Å². The second-order valence-electron chi connectivity index (χ2n) is 2.89. The largest absolute Gasteiger partial charge is 0.573 e. The number of anilines is 1. The Morgan fingerprint density at radius 3 is 2.41 bits per heavy atom. The number of nitrogens with zero attached hydrogens (tertiary/aromatic N) is 1. The number of nitrogens with two attached hydrogens (primary N) is 1. The Balaban J connectivity index is 3.22. The predicted molar refractivity (Wildman–Crippen MR) is 52.9 cm³/mol. The number of rotatable bonds is 3. The number of hydrogen-bond acceptors (Lipinski definition) is 3. The summed E-state index contributed by atoms with van der Waals surface area (Å²) in [5.74, 6) is -1.32. The fourth-order valence-electron chi connectivity index (χ4n) is 1.05. The number of alkyl halides is 6. The lowest BCUT2D eigenvalue weighted by Gasteiger charge is -2.14. The smallest absolute Gasteiger partial charge is 0.404 e. The molecule has 0 aliphatic rings. The van der Waals surface area contributed by atoms with Gasteiger partial charge in [0.2, 0.25) is 0 Å². The van der Waals surface area contributed by atoms with E-state index >= 15 is 0 Å². The summed E-state index contributed by atoms with van der Waals surface area (Å²) in [5, 5.41) is -0.105. The Morgan fingerprint density at radius 1 is 1.41 bits per heavy atom. The molecule has 96 valence electrons. The Labute approximate surface area is 101 Å². The lowest BCUT2D eigenvalue weighted by Crippen LogP contribution is -2.19. The van der Waals surface area contributed by atoms with Crippen molar-refractivity contribution in [2.45, 2.75) is 18.1 Å². The first kappa shape index (κ1) is 13.9. The van der Waals surface area contributed by atoms with Crippen LogP contribution < -0.4 is 10.5 Å². The van der Waals surface area contributed by atoms with Gasteiger partial charge >= 0.3 is 6.36 Å². The van der Waals surface area contributed by atoms with E-state index < -0.39 is 29.9 Å². The van der Waals surface area contributed by atoms with Crippen LogP contribution in [0.2, 0.25) is 0 Å². The lowest BCUT2D eigenvalue weighted by atomic mass is 10.2. The Bertz CT molecular complexity index is 410. The first-order chi connectivity index (χ1) is 7.74. The van der Waals surface area contributed by atoms with Gasteiger partial charge in [0.25, 0.3) is 6.43 Å². The van der Waals surface area contributed by atoms with Crippen molar-refractivity contribution in [3.05, 3.63) is 17.3 Å². The molecule has 0 bridgehead atoms. The van der Waals surface area contributed by atoms with Crippen LogP contribution in [0.4, 0.5) is 27.8 Å². The number of aromatic nitrogens is 1. The van der Waals surface area contributed by atoms with Crippen LogP contribution in [0.3, 0.4) is 0 Å². The SMILES string of the molecule is Nc1nc(CBr)c(OC(F)(F)F)cc1C(F)F. The predicted octanol–water partition coefficient (Wildman–Crippen LogP) is 3.39. The van der Waals surface area contributed by atoms with Gasteiger partial charge in [-0.15, -0.1) is 13.2 Å². The third-order valence-corrected chi connectivity index (χ3v) is 2.24. The molecule has 1 aromatic heterocycles. The fraction of sp³-hybridized carbons (Fsp3) is 0.375. The minimum Gasteiger partial charge on any atom is -0.404 e. The monoisotopic (exact) mass is 320 g/mol. The van der Waals surface area contributed by atoms with E-state index in [0.29, 0.717) is 6.07 Å². The molecule has 1 rings (SSSR count). The molecule has 0 aromatic carbocycles. The summed E-state index contributed by atoms with van der Waals surface area (Å²) in [7, 11) is 0. The molecule has 0 unspecified atom stereocenters. The molecule has 0 saturated carbocycles. The minimum atomic E-state index is -4.98. The first-order valence-electron chi connectivity index (χ1n) is 4.13. The van der Waals surface area contributed by atoms with E-state index in [2.05, 4.69) is 25.7 Å². The number of hydrogen-bond donors (Lipinski definition) is 1. The summed E-state index contributed by atoms with van der Waals surface area (Å²) in [6.07, 6.45) is -8.00. The van der Waals surface area contributed by atoms with Crippen molar-refractivity contribution in [2.24, 2.45) is 0 Å². The van der Waals surface area contributed by atoms with Gasteiger partial charge in [0.05, 0.1) is 11.3 Å². The van der Waals surface area contributed by atoms with Crippen molar-refractivity contribution in [1.29, 1.82) is 0 Å². The summed E-state index contributed by atoms with van der Waals surface area (Å²) in [4.78, 5) is 3.42. The molecule has 0 radical (unpaired) electrons. The maximum Gasteiger partial charge on any atom is 0.573 e. The van der Waals surface area contributed by atoms with Crippen molar-refractivity contribution in [1.82, 2.24) is 4.98 Å². The molecule has 1 heterocycles. The molecule has 0 fully saturated rings. The van der Waals surface area contributed by atoms with Gasteiger partial charge in [-0.05, 0) is 6.07 Å². The summed E-state index contributed by atoms with van der Waals surface area (Å²) >= 11 is 2.86. The van der Waals surface area contributed by atoms with Crippen LogP contribution in [0.5, 0.6) is 5.75 Å². The van der Waals surface area contributed by atoms with Crippen molar-refractivity contribution >= 4 is 21.7 Å². The van der Waals surface area contributed by atoms with E-state index in [-0.39, 0.29) is 11.0 Å². The Hall–Kier alpha value is -1.12. The molecule has 0 saturated heterocycles. The van der Waals surface area contributed by atoms with E-state index in [1.165, 1.54) is 0 Å². The third kappa shape index (κ3) is 3.69. The highest BCUT2D eigenvalue weighted by Crippen LogP contribution is 2.33. The first-order valence-corrected chi connectivity index (χ1v) is 5.26. The van der Waals surface area contributed by atoms with Crippen LogP contribution in [0.1, 0.15) is 17.7 Å². The van der Waals surface area contributed by atoms with Gasteiger partial charge in [0, 0.05) is 5.33 Å². The van der Waals surface area contributed by atoms with Crippen LogP contribution >= 0.6 is 15.9 Å². The van der Waals surface area contributed by atoms with Crippen LogP contribution in [-0.4, -0.2) is 11.3 Å². The summed E-state index contributed by atoms with van der Waals surface area (Å²) in [6.45, 7) is 0. The second-order valence-corrected chi connectivity index (χ2v) is 3.45. The molecule has 3 nitrogen and oxygen atoms in total. The molecule has 0 spiro atoms. The lowest BCUT2D eigenvalue weighted by molar-refractivity contribution is -0.275. The summed E-state index contributed by atoms with van der Waals surface area (Å²) < 4.78 is 64.4. The molecule has 2 N–H and O–H groups in total. The molecule has 1 aromatic rings. The number of ether oxygens (including phenoxy) is 1. The van der Waals surface area contributed by atoms with Crippen molar-refractivity contribution in [3.8, 4) is 5.75 Å². The van der Waals surface area contributed by atoms with E-state index in [4.69, 9.17) is 5.73 Å². The quantitative estimate of drug-likeness (QED) is 0.686. The standard InChI is InChI=1S/C8H6BrF5N2O/c9-2-4-5(17-8(12,13)14)1-3(6(10)11)7(15)16-4/h1,6H,2H2,(H2,15,16). The fourth-order valence-corrected chi connectivity index (χ4v) is 1.45.